The molecule has 3 rings (SSSR count). The van der Waals surface area contributed by atoms with Gasteiger partial charge in [-0.05, 0) is 36.5 Å². The highest BCUT2D eigenvalue weighted by molar-refractivity contribution is 6.25. The highest BCUT2D eigenvalue weighted by Gasteiger charge is 2.57. The van der Waals surface area contributed by atoms with Gasteiger partial charge < -0.3 is 9.84 Å². The van der Waals surface area contributed by atoms with Gasteiger partial charge >= 0.3 is 0 Å². The molecule has 0 aromatic rings. The van der Waals surface area contributed by atoms with Crippen LogP contribution < -0.4 is 0 Å². The molecule has 3 aliphatic carbocycles. The topological polar surface area (TPSA) is 63.6 Å². The zero-order chi connectivity index (χ0) is 18.7. The molecule has 0 amide bonds. The largest absolute Gasteiger partial charge is 0.492 e. The second-order valence-corrected chi connectivity index (χ2v) is 9.11. The summed E-state index contributed by atoms with van der Waals surface area (Å²) in [5, 5.41) is 10.8. The standard InChI is InChI=1S/C21H30O4/c1-11(2)14-17(23)15-12(22)10-13-20(3,4)8-7-9-21(13,5)16(15)18(24)19(14)25-6/h11-13,22H,7-10H2,1-6H3/t12?,13-,21-/m0/s1. The molecule has 3 aliphatic rings. The molecule has 0 saturated heterocycles. The summed E-state index contributed by atoms with van der Waals surface area (Å²) in [5.74, 6) is -0.156. The number of ketones is 2. The molecule has 4 heteroatoms. The Bertz CT molecular complexity index is 695. The summed E-state index contributed by atoms with van der Waals surface area (Å²) >= 11 is 0. The molecule has 1 saturated carbocycles. The number of hydrogen-bond acceptors (Lipinski definition) is 4. The van der Waals surface area contributed by atoms with Crippen LogP contribution >= 0.6 is 0 Å². The number of ether oxygens (including phenoxy) is 1. The smallest absolute Gasteiger partial charge is 0.225 e. The van der Waals surface area contributed by atoms with E-state index in [4.69, 9.17) is 4.74 Å². The van der Waals surface area contributed by atoms with Gasteiger partial charge in [0.1, 0.15) is 0 Å². The molecule has 0 aromatic heterocycles. The monoisotopic (exact) mass is 346 g/mol. The van der Waals surface area contributed by atoms with E-state index in [0.717, 1.165) is 19.3 Å². The molecule has 0 bridgehead atoms. The molecule has 1 unspecified atom stereocenters. The zero-order valence-corrected chi connectivity index (χ0v) is 16.2. The van der Waals surface area contributed by atoms with E-state index in [-0.39, 0.29) is 40.0 Å². The van der Waals surface area contributed by atoms with Crippen LogP contribution in [0.1, 0.15) is 60.3 Å². The number of rotatable bonds is 2. The van der Waals surface area contributed by atoms with Crippen molar-refractivity contribution in [3.63, 3.8) is 0 Å². The quantitative estimate of drug-likeness (QED) is 0.776. The molecule has 3 atom stereocenters. The summed E-state index contributed by atoms with van der Waals surface area (Å²) in [6.07, 6.45) is 2.66. The lowest BCUT2D eigenvalue weighted by Gasteiger charge is -2.56. The number of Topliss-reactive ketones (excluding diaryl/α,β-unsaturated/α-hetero) is 2. The Kier molecular flexibility index (Phi) is 4.26. The van der Waals surface area contributed by atoms with Gasteiger partial charge in [-0.25, -0.2) is 0 Å². The van der Waals surface area contributed by atoms with E-state index in [9.17, 15) is 14.7 Å². The maximum absolute atomic E-state index is 13.4. The minimum atomic E-state index is -0.867. The Morgan fingerprint density at radius 2 is 1.76 bits per heavy atom. The van der Waals surface area contributed by atoms with Crippen molar-refractivity contribution in [1.29, 1.82) is 0 Å². The van der Waals surface area contributed by atoms with Crippen molar-refractivity contribution >= 4 is 11.6 Å². The molecule has 138 valence electrons. The highest BCUT2D eigenvalue weighted by Crippen LogP contribution is 2.61. The Hall–Kier alpha value is -1.42. The van der Waals surface area contributed by atoms with E-state index in [2.05, 4.69) is 20.8 Å². The summed E-state index contributed by atoms with van der Waals surface area (Å²) in [6.45, 7) is 10.3. The minimum Gasteiger partial charge on any atom is -0.492 e. The maximum Gasteiger partial charge on any atom is 0.225 e. The number of aliphatic hydroxyl groups excluding tert-OH is 1. The number of carbonyl (C=O) groups is 2. The molecule has 0 aromatic carbocycles. The van der Waals surface area contributed by atoms with Crippen molar-refractivity contribution in [2.75, 3.05) is 7.11 Å². The van der Waals surface area contributed by atoms with Gasteiger partial charge in [-0.15, -0.1) is 0 Å². The van der Waals surface area contributed by atoms with Crippen molar-refractivity contribution in [2.24, 2.45) is 22.7 Å². The van der Waals surface area contributed by atoms with E-state index < -0.39 is 6.10 Å². The number of methoxy groups -OCH3 is 1. The van der Waals surface area contributed by atoms with Crippen LogP contribution in [0.15, 0.2) is 22.5 Å². The first-order valence-electron chi connectivity index (χ1n) is 9.36. The average molecular weight is 346 g/mol. The van der Waals surface area contributed by atoms with Gasteiger partial charge in [0.25, 0.3) is 0 Å². The van der Waals surface area contributed by atoms with E-state index in [1.165, 1.54) is 7.11 Å². The Balaban J connectivity index is 2.23. The fourth-order valence-electron chi connectivity index (χ4n) is 5.67. The predicted octanol–water partition coefficient (Wildman–Crippen LogP) is 3.59. The maximum atomic E-state index is 13.4. The van der Waals surface area contributed by atoms with E-state index in [0.29, 0.717) is 23.1 Å². The molecule has 1 N–H and O–H groups in total. The Morgan fingerprint density at radius 1 is 1.12 bits per heavy atom. The van der Waals surface area contributed by atoms with Crippen LogP contribution in [0.3, 0.4) is 0 Å². The molecule has 0 heterocycles. The van der Waals surface area contributed by atoms with E-state index >= 15 is 0 Å². The van der Waals surface area contributed by atoms with Gasteiger partial charge in [0.05, 0.1) is 13.2 Å². The van der Waals surface area contributed by atoms with Crippen LogP contribution in [-0.4, -0.2) is 29.9 Å². The number of carbonyl (C=O) groups excluding carboxylic acids is 2. The lowest BCUT2D eigenvalue weighted by atomic mass is 9.48. The molecule has 0 aliphatic heterocycles. The average Bonchev–Trinajstić information content (AvgIpc) is 2.50. The van der Waals surface area contributed by atoms with Gasteiger partial charge in [-0.1, -0.05) is 41.0 Å². The van der Waals surface area contributed by atoms with Crippen molar-refractivity contribution < 1.29 is 19.4 Å². The third kappa shape index (κ3) is 2.44. The number of aliphatic hydroxyl groups is 1. The summed E-state index contributed by atoms with van der Waals surface area (Å²) in [4.78, 5) is 26.6. The summed E-state index contributed by atoms with van der Waals surface area (Å²) in [5.41, 5.74) is 0.920. The fraction of sp³-hybridized carbons (Fsp3) is 0.714. The van der Waals surface area contributed by atoms with E-state index in [1.54, 1.807) is 0 Å². The molecular weight excluding hydrogens is 316 g/mol. The summed E-state index contributed by atoms with van der Waals surface area (Å²) in [6, 6.07) is 0. The van der Waals surface area contributed by atoms with Crippen molar-refractivity contribution in [3.8, 4) is 0 Å². The first-order chi connectivity index (χ1) is 11.6. The van der Waals surface area contributed by atoms with Gasteiger partial charge in [0, 0.05) is 22.1 Å². The third-order valence-electron chi connectivity index (χ3n) is 6.81. The SMILES string of the molecule is COC1=C(C(C)C)C(=O)C2=C(C1=O)[C@@]1(C)CCCC(C)(C)[C@@H]1CC2O. The van der Waals surface area contributed by atoms with Gasteiger partial charge in [0.15, 0.2) is 11.5 Å². The van der Waals surface area contributed by atoms with Gasteiger partial charge in [-0.3, -0.25) is 9.59 Å². The molecule has 0 radical (unpaired) electrons. The lowest BCUT2D eigenvalue weighted by molar-refractivity contribution is -0.124. The lowest BCUT2D eigenvalue weighted by Crippen LogP contribution is -2.52. The third-order valence-corrected chi connectivity index (χ3v) is 6.81. The summed E-state index contributed by atoms with van der Waals surface area (Å²) < 4.78 is 5.40. The van der Waals surface area contributed by atoms with Crippen LogP contribution in [0, 0.1) is 22.7 Å². The molecule has 0 spiro atoms. The van der Waals surface area contributed by atoms with Crippen LogP contribution in [0.5, 0.6) is 0 Å². The van der Waals surface area contributed by atoms with Crippen molar-refractivity contribution in [2.45, 2.75) is 66.4 Å². The van der Waals surface area contributed by atoms with Crippen LogP contribution in [0.25, 0.3) is 0 Å². The molecule has 4 nitrogen and oxygen atoms in total. The van der Waals surface area contributed by atoms with Gasteiger partial charge in [-0.2, -0.15) is 0 Å². The zero-order valence-electron chi connectivity index (χ0n) is 16.2. The molecule has 25 heavy (non-hydrogen) atoms. The second kappa shape index (κ2) is 5.80. The number of fused-ring (bicyclic) bond motifs is 2. The Labute approximate surface area is 150 Å². The van der Waals surface area contributed by atoms with Crippen LogP contribution in [0.2, 0.25) is 0 Å². The molecular formula is C21H30O4. The van der Waals surface area contributed by atoms with E-state index in [1.807, 2.05) is 13.8 Å². The van der Waals surface area contributed by atoms with Crippen molar-refractivity contribution in [3.05, 3.63) is 22.5 Å². The Morgan fingerprint density at radius 3 is 2.32 bits per heavy atom. The first-order valence-corrected chi connectivity index (χ1v) is 9.36. The van der Waals surface area contributed by atoms with Crippen molar-refractivity contribution in [1.82, 2.24) is 0 Å². The number of allylic oxidation sites excluding steroid dienone is 2. The minimum absolute atomic E-state index is 0.0328. The van der Waals surface area contributed by atoms with Crippen LogP contribution in [0.4, 0.5) is 0 Å². The number of hydrogen-bond donors (Lipinski definition) is 1. The predicted molar refractivity (Wildman–Crippen MR) is 95.8 cm³/mol. The molecule has 1 fully saturated rings. The second-order valence-electron chi connectivity index (χ2n) is 9.11. The normalized spacial score (nSPS) is 35.0. The van der Waals surface area contributed by atoms with Crippen LogP contribution in [-0.2, 0) is 14.3 Å². The first kappa shape index (κ1) is 18.4. The van der Waals surface area contributed by atoms with Gasteiger partial charge in [0.2, 0.25) is 5.78 Å². The fourth-order valence-corrected chi connectivity index (χ4v) is 5.67. The summed E-state index contributed by atoms with van der Waals surface area (Å²) in [7, 11) is 1.46. The highest BCUT2D eigenvalue weighted by atomic mass is 16.5.